The molecule has 0 aliphatic carbocycles. The fourth-order valence-corrected chi connectivity index (χ4v) is 9.14. The molecule has 0 amide bonds. The molecule has 274 valence electrons. The summed E-state index contributed by atoms with van der Waals surface area (Å²) in [6.45, 7) is 0. The van der Waals surface area contributed by atoms with Crippen molar-refractivity contribution >= 4 is 65.0 Å². The number of furan rings is 1. The molecule has 0 saturated carbocycles. The summed E-state index contributed by atoms with van der Waals surface area (Å²) in [5, 5.41) is 12.0. The van der Waals surface area contributed by atoms with Gasteiger partial charge in [0, 0.05) is 27.5 Å². The van der Waals surface area contributed by atoms with Crippen molar-refractivity contribution < 1.29 is 4.42 Å². The average molecular weight is 751 g/mol. The molecule has 12 aromatic rings. The van der Waals surface area contributed by atoms with Crippen LogP contribution in [0.4, 0.5) is 0 Å². The maximum atomic E-state index is 6.20. The second-order valence-corrected chi connectivity index (χ2v) is 15.2. The van der Waals surface area contributed by atoms with Gasteiger partial charge in [-0.3, -0.25) is 0 Å². The van der Waals surface area contributed by atoms with Gasteiger partial charge in [0.2, 0.25) is 0 Å². The van der Waals surface area contributed by atoms with Crippen LogP contribution in [-0.2, 0) is 0 Å². The van der Waals surface area contributed by atoms with Gasteiger partial charge in [0.05, 0.1) is 11.4 Å². The highest BCUT2D eigenvalue weighted by Crippen LogP contribution is 2.44. The van der Waals surface area contributed by atoms with Crippen molar-refractivity contribution in [1.29, 1.82) is 0 Å². The molecule has 0 N–H and O–H groups in total. The number of para-hydroxylation sites is 1. The van der Waals surface area contributed by atoms with Crippen molar-refractivity contribution in [2.45, 2.75) is 0 Å². The van der Waals surface area contributed by atoms with Crippen LogP contribution in [0.2, 0.25) is 0 Å². The van der Waals surface area contributed by atoms with E-state index in [0.29, 0.717) is 5.82 Å². The molecule has 2 heterocycles. The van der Waals surface area contributed by atoms with E-state index >= 15 is 0 Å². The zero-order chi connectivity index (χ0) is 38.9. The van der Waals surface area contributed by atoms with E-state index in [2.05, 4.69) is 176 Å². The van der Waals surface area contributed by atoms with Crippen LogP contribution in [0.5, 0.6) is 0 Å². The van der Waals surface area contributed by atoms with Crippen LogP contribution >= 0.6 is 0 Å². The maximum absolute atomic E-state index is 6.20. The Morgan fingerprint density at radius 2 is 0.898 bits per heavy atom. The lowest BCUT2D eigenvalue weighted by molar-refractivity contribution is 0.669. The number of hydrogen-bond acceptors (Lipinski definition) is 3. The molecular weight excluding hydrogens is 717 g/mol. The summed E-state index contributed by atoms with van der Waals surface area (Å²) in [5.41, 5.74) is 11.2. The van der Waals surface area contributed by atoms with Gasteiger partial charge in [-0.1, -0.05) is 176 Å². The van der Waals surface area contributed by atoms with Crippen molar-refractivity contribution in [3.63, 3.8) is 0 Å². The molecule has 0 unspecified atom stereocenters. The molecule has 0 radical (unpaired) electrons. The largest absolute Gasteiger partial charge is 0.456 e. The Balaban J connectivity index is 1.08. The van der Waals surface area contributed by atoms with Gasteiger partial charge in [-0.15, -0.1) is 0 Å². The van der Waals surface area contributed by atoms with Gasteiger partial charge in [0.1, 0.15) is 11.2 Å². The van der Waals surface area contributed by atoms with Gasteiger partial charge in [-0.2, -0.15) is 0 Å². The SMILES string of the molecule is c1ccc(-c2nc(-c3ccccc3-c3ccc4oc5ccccc5c4c3)cc(-c3ccc(-c4c5ccccc5cc5c4ccc4ccccc45)c4ccccc34)n2)cc1. The predicted molar refractivity (Wildman–Crippen MR) is 247 cm³/mol. The Labute approximate surface area is 340 Å². The predicted octanol–water partition coefficient (Wildman–Crippen LogP) is 15.3. The van der Waals surface area contributed by atoms with Crippen molar-refractivity contribution in [2.75, 3.05) is 0 Å². The first-order valence-electron chi connectivity index (χ1n) is 20.1. The smallest absolute Gasteiger partial charge is 0.160 e. The molecule has 0 fully saturated rings. The van der Waals surface area contributed by atoms with E-state index in [-0.39, 0.29) is 0 Å². The van der Waals surface area contributed by atoms with Crippen LogP contribution in [0, 0.1) is 0 Å². The minimum absolute atomic E-state index is 0.685. The van der Waals surface area contributed by atoms with Crippen molar-refractivity contribution in [1.82, 2.24) is 9.97 Å². The third-order valence-corrected chi connectivity index (χ3v) is 11.9. The minimum Gasteiger partial charge on any atom is -0.456 e. The van der Waals surface area contributed by atoms with Crippen molar-refractivity contribution in [3.8, 4) is 56.2 Å². The van der Waals surface area contributed by atoms with E-state index < -0.39 is 0 Å². The standard InChI is InChI=1S/C56H34N2O/c1-2-15-36(16-3-1)56-57-51(44-23-11-8-19-40(44)38-27-31-54-50(33-38)46-24-12-13-25-53(46)59-54)34-52(58-56)45-29-30-47(43-22-10-9-21-42(43)45)55-41-20-7-5-17-37(41)32-49-39-18-6-4-14-35(39)26-28-48(49)55/h1-34H. The van der Waals surface area contributed by atoms with Crippen molar-refractivity contribution in [2.24, 2.45) is 0 Å². The molecule has 12 rings (SSSR count). The summed E-state index contributed by atoms with van der Waals surface area (Å²) >= 11 is 0. The first kappa shape index (κ1) is 33.3. The Morgan fingerprint density at radius 3 is 1.73 bits per heavy atom. The summed E-state index contributed by atoms with van der Waals surface area (Å²) in [6, 6.07) is 73.4. The van der Waals surface area contributed by atoms with Crippen molar-refractivity contribution in [3.05, 3.63) is 206 Å². The normalized spacial score (nSPS) is 11.7. The molecule has 0 atom stereocenters. The number of rotatable bonds is 5. The van der Waals surface area contributed by atoms with E-state index in [1.54, 1.807) is 0 Å². The van der Waals surface area contributed by atoms with Crippen LogP contribution in [0.3, 0.4) is 0 Å². The monoisotopic (exact) mass is 750 g/mol. The highest BCUT2D eigenvalue weighted by Gasteiger charge is 2.20. The van der Waals surface area contributed by atoms with E-state index in [1.807, 2.05) is 30.3 Å². The lowest BCUT2D eigenvalue weighted by Crippen LogP contribution is -1.98. The Kier molecular flexibility index (Phi) is 7.54. The first-order chi connectivity index (χ1) is 29.2. The Hall–Kier alpha value is -7.88. The minimum atomic E-state index is 0.685. The third kappa shape index (κ3) is 5.44. The number of hydrogen-bond donors (Lipinski definition) is 0. The van der Waals surface area contributed by atoms with Gasteiger partial charge in [0.25, 0.3) is 0 Å². The topological polar surface area (TPSA) is 38.9 Å². The van der Waals surface area contributed by atoms with E-state index in [0.717, 1.165) is 66.5 Å². The second kappa shape index (κ2) is 13.4. The van der Waals surface area contributed by atoms with E-state index in [4.69, 9.17) is 14.4 Å². The number of fused-ring (bicyclic) bond motifs is 8. The molecule has 0 aliphatic heterocycles. The number of nitrogens with zero attached hydrogens (tertiary/aromatic N) is 2. The third-order valence-electron chi connectivity index (χ3n) is 11.9. The van der Waals surface area contributed by atoms with Gasteiger partial charge in [-0.25, -0.2) is 9.97 Å². The van der Waals surface area contributed by atoms with Crippen LogP contribution in [0.25, 0.3) is 121 Å². The number of benzene rings is 10. The quantitative estimate of drug-likeness (QED) is 0.130. The number of aromatic nitrogens is 2. The summed E-state index contributed by atoms with van der Waals surface area (Å²) < 4.78 is 6.20. The molecule has 0 bridgehead atoms. The highest BCUT2D eigenvalue weighted by molar-refractivity contribution is 6.23. The second-order valence-electron chi connectivity index (χ2n) is 15.2. The van der Waals surface area contributed by atoms with Crippen LogP contribution in [0.15, 0.2) is 211 Å². The molecule has 10 aromatic carbocycles. The van der Waals surface area contributed by atoms with Crippen LogP contribution in [0.1, 0.15) is 0 Å². The summed E-state index contributed by atoms with van der Waals surface area (Å²) in [4.78, 5) is 10.6. The molecule has 0 saturated heterocycles. The molecule has 2 aromatic heterocycles. The summed E-state index contributed by atoms with van der Waals surface area (Å²) in [6.07, 6.45) is 0. The Morgan fingerprint density at radius 1 is 0.288 bits per heavy atom. The van der Waals surface area contributed by atoms with Gasteiger partial charge in [0.15, 0.2) is 5.82 Å². The molecule has 0 aliphatic rings. The van der Waals surface area contributed by atoms with Gasteiger partial charge < -0.3 is 4.42 Å². The van der Waals surface area contributed by atoms with Crippen LogP contribution < -0.4 is 0 Å². The Bertz CT molecular complexity index is 3620. The molecule has 59 heavy (non-hydrogen) atoms. The summed E-state index contributed by atoms with van der Waals surface area (Å²) in [7, 11) is 0. The zero-order valence-electron chi connectivity index (χ0n) is 31.9. The average Bonchev–Trinajstić information content (AvgIpc) is 3.69. The van der Waals surface area contributed by atoms with Crippen LogP contribution in [-0.4, -0.2) is 9.97 Å². The fourth-order valence-electron chi connectivity index (χ4n) is 9.14. The zero-order valence-corrected chi connectivity index (χ0v) is 31.9. The van der Waals surface area contributed by atoms with E-state index in [1.165, 1.54) is 48.8 Å². The molecular formula is C56H34N2O. The van der Waals surface area contributed by atoms with E-state index in [9.17, 15) is 0 Å². The summed E-state index contributed by atoms with van der Waals surface area (Å²) in [5.74, 6) is 0.685. The molecule has 3 heteroatoms. The first-order valence-corrected chi connectivity index (χ1v) is 20.1. The molecule has 3 nitrogen and oxygen atoms in total. The lowest BCUT2D eigenvalue weighted by atomic mass is 9.86. The fraction of sp³-hybridized carbons (Fsp3) is 0. The highest BCUT2D eigenvalue weighted by atomic mass is 16.3. The maximum Gasteiger partial charge on any atom is 0.160 e. The molecule has 0 spiro atoms. The lowest BCUT2D eigenvalue weighted by Gasteiger charge is -2.18. The van der Waals surface area contributed by atoms with Gasteiger partial charge >= 0.3 is 0 Å². The van der Waals surface area contributed by atoms with Gasteiger partial charge in [-0.05, 0) is 95.7 Å².